The van der Waals surface area contributed by atoms with Gasteiger partial charge in [0.05, 0.1) is 18.8 Å². The predicted molar refractivity (Wildman–Crippen MR) is 96.1 cm³/mol. The van der Waals surface area contributed by atoms with Crippen LogP contribution < -0.4 is 5.32 Å². The molecule has 2 unspecified atom stereocenters. The van der Waals surface area contributed by atoms with E-state index in [1.165, 1.54) is 0 Å². The van der Waals surface area contributed by atoms with Crippen molar-refractivity contribution in [1.29, 1.82) is 5.26 Å². The number of hydrogen-bond acceptors (Lipinski definition) is 4. The highest BCUT2D eigenvalue weighted by Gasteiger charge is 2.19. The fourth-order valence-electron chi connectivity index (χ4n) is 3.35. The second-order valence-electron chi connectivity index (χ2n) is 6.52. The number of carbonyl (C=O) groups is 1. The molecule has 1 saturated heterocycles. The van der Waals surface area contributed by atoms with Gasteiger partial charge in [-0.2, -0.15) is 5.26 Å². The fraction of sp³-hybridized carbons (Fsp3) is 0.579. The van der Waals surface area contributed by atoms with Gasteiger partial charge in [-0.1, -0.05) is 0 Å². The van der Waals surface area contributed by atoms with Crippen LogP contribution in [0.15, 0.2) is 11.6 Å². The predicted octanol–water partition coefficient (Wildman–Crippen LogP) is 2.51. The molecular weight excluding hydrogens is 318 g/mol. The van der Waals surface area contributed by atoms with Crippen molar-refractivity contribution in [1.82, 2.24) is 9.88 Å². The van der Waals surface area contributed by atoms with Gasteiger partial charge in [-0.3, -0.25) is 4.79 Å². The Kier molecular flexibility index (Phi) is 6.80. The molecule has 0 spiro atoms. The molecule has 25 heavy (non-hydrogen) atoms. The quantitative estimate of drug-likeness (QED) is 0.608. The summed E-state index contributed by atoms with van der Waals surface area (Å²) in [5, 5.41) is 12.2. The van der Waals surface area contributed by atoms with Gasteiger partial charge < -0.3 is 19.4 Å². The smallest absolute Gasteiger partial charge is 0.262 e. The van der Waals surface area contributed by atoms with Crippen LogP contribution in [0.1, 0.15) is 42.8 Å². The molecule has 1 aromatic heterocycles. The molecule has 6 nitrogen and oxygen atoms in total. The molecule has 0 aliphatic carbocycles. The first-order valence-corrected chi connectivity index (χ1v) is 8.66. The molecule has 136 valence electrons. The van der Waals surface area contributed by atoms with Gasteiger partial charge in [-0.25, -0.2) is 0 Å². The zero-order valence-corrected chi connectivity index (χ0v) is 15.5. The van der Waals surface area contributed by atoms with E-state index in [1.54, 1.807) is 13.2 Å². The van der Waals surface area contributed by atoms with Gasteiger partial charge in [0, 0.05) is 31.6 Å². The molecule has 1 fully saturated rings. The molecule has 2 rings (SSSR count). The molecule has 2 atom stereocenters. The maximum Gasteiger partial charge on any atom is 0.262 e. The van der Waals surface area contributed by atoms with Gasteiger partial charge in [-0.05, 0) is 51.3 Å². The Hall–Kier alpha value is -2.10. The zero-order valence-electron chi connectivity index (χ0n) is 15.5. The summed E-state index contributed by atoms with van der Waals surface area (Å²) in [6.45, 7) is 7.88. The maximum atomic E-state index is 12.3. The minimum absolute atomic E-state index is 0.0591. The first kappa shape index (κ1) is 19.2. The Morgan fingerprint density at radius 1 is 1.60 bits per heavy atom. The SMILES string of the molecule is COCC(C)n1c(C)cc(/C=C(\C#N)C(=O)NCC2CCCO2)c1C. The number of ether oxygens (including phenoxy) is 2. The minimum atomic E-state index is -0.354. The first-order chi connectivity index (χ1) is 12.0. The number of aromatic nitrogens is 1. The average molecular weight is 345 g/mol. The summed E-state index contributed by atoms with van der Waals surface area (Å²) in [5.74, 6) is -0.354. The van der Waals surface area contributed by atoms with E-state index in [0.29, 0.717) is 13.2 Å². The van der Waals surface area contributed by atoms with E-state index in [4.69, 9.17) is 9.47 Å². The van der Waals surface area contributed by atoms with Crippen molar-refractivity contribution in [2.24, 2.45) is 0 Å². The van der Waals surface area contributed by atoms with E-state index in [1.807, 2.05) is 26.0 Å². The minimum Gasteiger partial charge on any atom is -0.383 e. The Labute approximate surface area is 149 Å². The van der Waals surface area contributed by atoms with Gasteiger partial charge in [0.15, 0.2) is 0 Å². The van der Waals surface area contributed by atoms with Crippen molar-refractivity contribution in [3.05, 3.63) is 28.6 Å². The third-order valence-electron chi connectivity index (χ3n) is 4.55. The number of nitrogens with zero attached hydrogens (tertiary/aromatic N) is 2. The Bertz CT molecular complexity index is 679. The monoisotopic (exact) mass is 345 g/mol. The molecule has 1 amide bonds. The normalized spacial score (nSPS) is 18.8. The number of nitriles is 1. The van der Waals surface area contributed by atoms with Crippen LogP contribution in [0.3, 0.4) is 0 Å². The number of nitrogens with one attached hydrogen (secondary N) is 1. The lowest BCUT2D eigenvalue weighted by Crippen LogP contribution is -2.32. The Morgan fingerprint density at radius 3 is 2.96 bits per heavy atom. The summed E-state index contributed by atoms with van der Waals surface area (Å²) in [6.07, 6.45) is 3.68. The van der Waals surface area contributed by atoms with Crippen molar-refractivity contribution in [3.8, 4) is 6.07 Å². The van der Waals surface area contributed by atoms with Crippen LogP contribution in [0.2, 0.25) is 0 Å². The highest BCUT2D eigenvalue weighted by molar-refractivity contribution is 6.01. The number of carbonyl (C=O) groups excluding carboxylic acids is 1. The summed E-state index contributed by atoms with van der Waals surface area (Å²) in [4.78, 5) is 12.3. The van der Waals surface area contributed by atoms with Gasteiger partial charge >= 0.3 is 0 Å². The lowest BCUT2D eigenvalue weighted by molar-refractivity contribution is -0.117. The van der Waals surface area contributed by atoms with Crippen LogP contribution in [-0.4, -0.2) is 43.4 Å². The molecule has 0 aromatic carbocycles. The topological polar surface area (TPSA) is 76.3 Å². The molecule has 0 saturated carbocycles. The van der Waals surface area contributed by atoms with Crippen LogP contribution >= 0.6 is 0 Å². The zero-order chi connectivity index (χ0) is 18.4. The second-order valence-corrected chi connectivity index (χ2v) is 6.52. The summed E-state index contributed by atoms with van der Waals surface area (Å²) < 4.78 is 12.9. The number of rotatable bonds is 7. The molecule has 1 aliphatic rings. The standard InChI is InChI=1S/C19H27N3O3/c1-13-8-16(15(3)22(13)14(2)12-24-4)9-17(10-20)19(23)21-11-18-6-5-7-25-18/h8-9,14,18H,5-7,11-12H2,1-4H3,(H,21,23)/b17-9+. The summed E-state index contributed by atoms with van der Waals surface area (Å²) >= 11 is 0. The van der Waals surface area contributed by atoms with Gasteiger partial charge in [0.25, 0.3) is 5.91 Å². The summed E-state index contributed by atoms with van der Waals surface area (Å²) in [5.41, 5.74) is 3.08. The van der Waals surface area contributed by atoms with Crippen LogP contribution in [0.4, 0.5) is 0 Å². The molecular formula is C19H27N3O3. The number of hydrogen-bond donors (Lipinski definition) is 1. The molecule has 2 heterocycles. The van der Waals surface area contributed by atoms with Crippen molar-refractivity contribution in [3.63, 3.8) is 0 Å². The second kappa shape index (κ2) is 8.84. The third kappa shape index (κ3) is 4.71. The van der Waals surface area contributed by atoms with Crippen LogP contribution in [-0.2, 0) is 14.3 Å². The van der Waals surface area contributed by atoms with Crippen LogP contribution in [0.5, 0.6) is 0 Å². The molecule has 1 N–H and O–H groups in total. The van der Waals surface area contributed by atoms with E-state index >= 15 is 0 Å². The van der Waals surface area contributed by atoms with Crippen LogP contribution in [0.25, 0.3) is 6.08 Å². The lowest BCUT2D eigenvalue weighted by atomic mass is 10.1. The average Bonchev–Trinajstić information content (AvgIpc) is 3.18. The number of amides is 1. The molecule has 1 aliphatic heterocycles. The highest BCUT2D eigenvalue weighted by atomic mass is 16.5. The Morgan fingerprint density at radius 2 is 2.36 bits per heavy atom. The Balaban J connectivity index is 2.14. The molecule has 6 heteroatoms. The van der Waals surface area contributed by atoms with Crippen molar-refractivity contribution >= 4 is 12.0 Å². The van der Waals surface area contributed by atoms with Gasteiger partial charge in [0.1, 0.15) is 11.6 Å². The van der Waals surface area contributed by atoms with Gasteiger partial charge in [-0.15, -0.1) is 0 Å². The van der Waals surface area contributed by atoms with E-state index in [-0.39, 0.29) is 23.6 Å². The highest BCUT2D eigenvalue weighted by Crippen LogP contribution is 2.23. The molecule has 0 bridgehead atoms. The largest absolute Gasteiger partial charge is 0.383 e. The van der Waals surface area contributed by atoms with Crippen LogP contribution in [0, 0.1) is 25.2 Å². The van der Waals surface area contributed by atoms with Crippen molar-refractivity contribution in [2.45, 2.75) is 45.8 Å². The molecule has 0 radical (unpaired) electrons. The third-order valence-corrected chi connectivity index (χ3v) is 4.55. The van der Waals surface area contributed by atoms with Crippen molar-refractivity contribution in [2.75, 3.05) is 26.9 Å². The summed E-state index contributed by atoms with van der Waals surface area (Å²) in [6, 6.07) is 4.19. The van der Waals surface area contributed by atoms with E-state index < -0.39 is 0 Å². The first-order valence-electron chi connectivity index (χ1n) is 8.66. The fourth-order valence-corrected chi connectivity index (χ4v) is 3.35. The summed E-state index contributed by atoms with van der Waals surface area (Å²) in [7, 11) is 1.68. The van der Waals surface area contributed by atoms with Crippen molar-refractivity contribution < 1.29 is 14.3 Å². The molecule has 1 aromatic rings. The lowest BCUT2D eigenvalue weighted by Gasteiger charge is -2.17. The van der Waals surface area contributed by atoms with E-state index in [9.17, 15) is 10.1 Å². The number of methoxy groups -OCH3 is 1. The van der Waals surface area contributed by atoms with Gasteiger partial charge in [0.2, 0.25) is 0 Å². The maximum absolute atomic E-state index is 12.3. The number of aryl methyl sites for hydroxylation is 1. The van der Waals surface area contributed by atoms with E-state index in [0.717, 1.165) is 36.4 Å². The van der Waals surface area contributed by atoms with E-state index in [2.05, 4.69) is 16.8 Å².